The van der Waals surface area contributed by atoms with Gasteiger partial charge in [-0.05, 0) is 55.1 Å². The van der Waals surface area contributed by atoms with Gasteiger partial charge in [-0.15, -0.1) is 0 Å². The standard InChI is InChI=1S/C19H29N/c1-14-7-5-6-8-17(14)19(13-20-16-9-10-16)11-15(12-19)18(2,3)4/h5-8,15-16,20H,9-13H2,1-4H3. The number of hydrogen-bond acceptors (Lipinski definition) is 1. The molecule has 0 saturated heterocycles. The van der Waals surface area contributed by atoms with Crippen LogP contribution in [-0.4, -0.2) is 12.6 Å². The van der Waals surface area contributed by atoms with Crippen LogP contribution in [0.25, 0.3) is 0 Å². The van der Waals surface area contributed by atoms with Gasteiger partial charge in [-0.1, -0.05) is 45.0 Å². The Hall–Kier alpha value is -0.820. The van der Waals surface area contributed by atoms with Gasteiger partial charge in [-0.3, -0.25) is 0 Å². The summed E-state index contributed by atoms with van der Waals surface area (Å²) >= 11 is 0. The quantitative estimate of drug-likeness (QED) is 0.853. The number of nitrogens with one attached hydrogen (secondary N) is 1. The molecule has 1 heteroatoms. The average molecular weight is 271 g/mol. The molecule has 110 valence electrons. The van der Waals surface area contributed by atoms with Crippen LogP contribution in [0.2, 0.25) is 0 Å². The Morgan fingerprint density at radius 3 is 2.35 bits per heavy atom. The lowest BCUT2D eigenvalue weighted by Gasteiger charge is -2.54. The maximum atomic E-state index is 3.80. The maximum Gasteiger partial charge on any atom is 0.00861 e. The molecule has 0 unspecified atom stereocenters. The first-order chi connectivity index (χ1) is 9.41. The Bertz CT molecular complexity index is 473. The van der Waals surface area contributed by atoms with E-state index in [2.05, 4.69) is 57.3 Å². The van der Waals surface area contributed by atoms with Gasteiger partial charge in [-0.25, -0.2) is 0 Å². The second-order valence-electron chi connectivity index (χ2n) is 8.22. The highest BCUT2D eigenvalue weighted by Gasteiger charge is 2.50. The number of aryl methyl sites for hydroxylation is 1. The zero-order valence-corrected chi connectivity index (χ0v) is 13.5. The summed E-state index contributed by atoms with van der Waals surface area (Å²) in [6.07, 6.45) is 5.46. The van der Waals surface area contributed by atoms with Gasteiger partial charge in [0.25, 0.3) is 0 Å². The summed E-state index contributed by atoms with van der Waals surface area (Å²) in [4.78, 5) is 0. The van der Waals surface area contributed by atoms with E-state index in [1.807, 2.05) is 0 Å². The van der Waals surface area contributed by atoms with Crippen molar-refractivity contribution >= 4 is 0 Å². The summed E-state index contributed by atoms with van der Waals surface area (Å²) in [5.74, 6) is 0.864. The van der Waals surface area contributed by atoms with Crippen LogP contribution >= 0.6 is 0 Å². The van der Waals surface area contributed by atoms with Gasteiger partial charge in [-0.2, -0.15) is 0 Å². The SMILES string of the molecule is Cc1ccccc1C1(CNC2CC2)CC(C(C)(C)C)C1. The van der Waals surface area contributed by atoms with Gasteiger partial charge in [0.15, 0.2) is 0 Å². The van der Waals surface area contributed by atoms with Crippen molar-refractivity contribution in [3.05, 3.63) is 35.4 Å². The fourth-order valence-corrected chi connectivity index (χ4v) is 3.75. The highest BCUT2D eigenvalue weighted by atomic mass is 15.0. The van der Waals surface area contributed by atoms with E-state index in [0.29, 0.717) is 10.8 Å². The van der Waals surface area contributed by atoms with E-state index in [4.69, 9.17) is 0 Å². The van der Waals surface area contributed by atoms with Crippen molar-refractivity contribution in [1.82, 2.24) is 5.32 Å². The molecule has 0 radical (unpaired) electrons. The van der Waals surface area contributed by atoms with Crippen LogP contribution in [0.4, 0.5) is 0 Å². The molecule has 1 aromatic rings. The number of hydrogen-bond donors (Lipinski definition) is 1. The van der Waals surface area contributed by atoms with Crippen molar-refractivity contribution in [2.45, 2.75) is 64.8 Å². The molecule has 0 bridgehead atoms. The predicted molar refractivity (Wildman–Crippen MR) is 86.1 cm³/mol. The van der Waals surface area contributed by atoms with Gasteiger partial charge in [0.1, 0.15) is 0 Å². The maximum absolute atomic E-state index is 3.80. The minimum absolute atomic E-state index is 0.395. The smallest absolute Gasteiger partial charge is 0.00861 e. The first kappa shape index (κ1) is 14.1. The monoisotopic (exact) mass is 271 g/mol. The molecule has 0 heterocycles. The van der Waals surface area contributed by atoms with Gasteiger partial charge in [0.2, 0.25) is 0 Å². The zero-order valence-electron chi connectivity index (χ0n) is 13.5. The van der Waals surface area contributed by atoms with E-state index in [1.54, 1.807) is 5.56 Å². The molecule has 1 N–H and O–H groups in total. The summed E-state index contributed by atoms with van der Waals surface area (Å²) in [6, 6.07) is 9.83. The molecule has 2 saturated carbocycles. The highest BCUT2D eigenvalue weighted by molar-refractivity contribution is 5.37. The molecule has 2 fully saturated rings. The predicted octanol–water partition coefficient (Wildman–Crippen LogP) is 4.44. The minimum Gasteiger partial charge on any atom is -0.313 e. The third kappa shape index (κ3) is 2.65. The van der Waals surface area contributed by atoms with Crippen LogP contribution in [0.1, 0.15) is 57.6 Å². The molecular weight excluding hydrogens is 242 g/mol. The summed E-state index contributed by atoms with van der Waals surface area (Å²) in [5.41, 5.74) is 3.91. The first-order valence-corrected chi connectivity index (χ1v) is 8.20. The van der Waals surface area contributed by atoms with E-state index in [-0.39, 0.29) is 0 Å². The molecule has 0 amide bonds. The summed E-state index contributed by atoms with van der Waals surface area (Å²) in [5, 5.41) is 3.80. The van der Waals surface area contributed by atoms with E-state index in [0.717, 1.165) is 12.0 Å². The average Bonchev–Trinajstić information content (AvgIpc) is 3.12. The van der Waals surface area contributed by atoms with Crippen LogP contribution in [0.5, 0.6) is 0 Å². The van der Waals surface area contributed by atoms with E-state index < -0.39 is 0 Å². The summed E-state index contributed by atoms with van der Waals surface area (Å²) in [6.45, 7) is 10.6. The normalized spacial score (nSPS) is 30.1. The van der Waals surface area contributed by atoms with Crippen LogP contribution < -0.4 is 5.32 Å². The largest absolute Gasteiger partial charge is 0.313 e. The van der Waals surface area contributed by atoms with Crippen molar-refractivity contribution in [2.24, 2.45) is 11.3 Å². The van der Waals surface area contributed by atoms with Crippen molar-refractivity contribution in [3.8, 4) is 0 Å². The summed E-state index contributed by atoms with van der Waals surface area (Å²) < 4.78 is 0. The van der Waals surface area contributed by atoms with E-state index in [9.17, 15) is 0 Å². The lowest BCUT2D eigenvalue weighted by atomic mass is 9.52. The van der Waals surface area contributed by atoms with Gasteiger partial charge < -0.3 is 5.32 Å². The topological polar surface area (TPSA) is 12.0 Å². The van der Waals surface area contributed by atoms with Crippen LogP contribution in [-0.2, 0) is 5.41 Å². The Morgan fingerprint density at radius 1 is 1.15 bits per heavy atom. The molecule has 0 aliphatic heterocycles. The van der Waals surface area contributed by atoms with Crippen molar-refractivity contribution in [3.63, 3.8) is 0 Å². The van der Waals surface area contributed by atoms with Crippen LogP contribution in [0, 0.1) is 18.3 Å². The molecule has 2 aliphatic rings. The third-order valence-corrected chi connectivity index (χ3v) is 5.52. The van der Waals surface area contributed by atoms with Gasteiger partial charge in [0.05, 0.1) is 0 Å². The molecule has 0 atom stereocenters. The molecule has 20 heavy (non-hydrogen) atoms. The fraction of sp³-hybridized carbons (Fsp3) is 0.684. The molecule has 0 aromatic heterocycles. The van der Waals surface area contributed by atoms with Crippen LogP contribution in [0.15, 0.2) is 24.3 Å². The van der Waals surface area contributed by atoms with Crippen molar-refractivity contribution in [2.75, 3.05) is 6.54 Å². The third-order valence-electron chi connectivity index (χ3n) is 5.52. The highest BCUT2D eigenvalue weighted by Crippen LogP contribution is 2.54. The first-order valence-electron chi connectivity index (χ1n) is 8.20. The second-order valence-corrected chi connectivity index (χ2v) is 8.22. The minimum atomic E-state index is 0.395. The molecule has 1 aromatic carbocycles. The molecular formula is C19H29N. The Kier molecular flexibility index (Phi) is 3.44. The molecule has 2 aliphatic carbocycles. The number of benzene rings is 1. The Labute approximate surface area is 124 Å². The van der Waals surface area contributed by atoms with E-state index in [1.165, 1.54) is 37.8 Å². The lowest BCUT2D eigenvalue weighted by Crippen LogP contribution is -2.52. The molecule has 3 rings (SSSR count). The number of rotatable bonds is 4. The van der Waals surface area contributed by atoms with Gasteiger partial charge in [0, 0.05) is 18.0 Å². The van der Waals surface area contributed by atoms with E-state index >= 15 is 0 Å². The second kappa shape index (κ2) is 4.87. The zero-order chi connectivity index (χ0) is 14.4. The molecule has 1 nitrogen and oxygen atoms in total. The van der Waals surface area contributed by atoms with Crippen LogP contribution in [0.3, 0.4) is 0 Å². The Morgan fingerprint density at radius 2 is 1.80 bits per heavy atom. The molecule has 0 spiro atoms. The Balaban J connectivity index is 1.80. The lowest BCUT2D eigenvalue weighted by molar-refractivity contribution is 0.0442. The van der Waals surface area contributed by atoms with Crippen molar-refractivity contribution < 1.29 is 0 Å². The van der Waals surface area contributed by atoms with Crippen molar-refractivity contribution in [1.29, 1.82) is 0 Å². The summed E-state index contributed by atoms with van der Waals surface area (Å²) in [7, 11) is 0. The fourth-order valence-electron chi connectivity index (χ4n) is 3.75. The van der Waals surface area contributed by atoms with Gasteiger partial charge >= 0.3 is 0 Å².